The standard InChI is InChI=1S/C13H23N3O/c1-16(10-9-14-6-3-11-17-2)12-13-4-7-15-8-5-13/h4-5,7-8,14H,3,6,9-12H2,1-2H3. The first kappa shape index (κ1) is 14.1. The van der Waals surface area contributed by atoms with Crippen LogP contribution in [0.2, 0.25) is 0 Å². The number of aromatic nitrogens is 1. The highest BCUT2D eigenvalue weighted by molar-refractivity contribution is 5.09. The van der Waals surface area contributed by atoms with Crippen LogP contribution in [-0.4, -0.2) is 50.3 Å². The summed E-state index contributed by atoms with van der Waals surface area (Å²) in [4.78, 5) is 6.32. The third kappa shape index (κ3) is 7.05. The van der Waals surface area contributed by atoms with Gasteiger partial charge in [-0.3, -0.25) is 4.98 Å². The van der Waals surface area contributed by atoms with Gasteiger partial charge in [-0.1, -0.05) is 0 Å². The van der Waals surface area contributed by atoms with Gasteiger partial charge in [0, 0.05) is 45.7 Å². The van der Waals surface area contributed by atoms with Crippen LogP contribution in [0, 0.1) is 0 Å². The predicted octanol–water partition coefficient (Wildman–Crippen LogP) is 1.14. The van der Waals surface area contributed by atoms with Crippen LogP contribution in [0.15, 0.2) is 24.5 Å². The SMILES string of the molecule is COCCCNCCN(C)Cc1ccncc1. The molecule has 0 aromatic carbocycles. The number of hydrogen-bond donors (Lipinski definition) is 1. The first-order valence-corrected chi connectivity index (χ1v) is 6.10. The molecule has 0 aliphatic carbocycles. The highest BCUT2D eigenvalue weighted by Gasteiger charge is 1.99. The van der Waals surface area contributed by atoms with Crippen molar-refractivity contribution in [3.63, 3.8) is 0 Å². The van der Waals surface area contributed by atoms with Gasteiger partial charge in [0.2, 0.25) is 0 Å². The van der Waals surface area contributed by atoms with Crippen LogP contribution in [0.4, 0.5) is 0 Å². The van der Waals surface area contributed by atoms with Crippen LogP contribution in [0.3, 0.4) is 0 Å². The van der Waals surface area contributed by atoms with Crippen LogP contribution in [0.5, 0.6) is 0 Å². The van der Waals surface area contributed by atoms with Crippen LogP contribution in [0.25, 0.3) is 0 Å². The summed E-state index contributed by atoms with van der Waals surface area (Å²) in [5.41, 5.74) is 1.31. The third-order valence-electron chi connectivity index (χ3n) is 2.57. The van der Waals surface area contributed by atoms with Gasteiger partial charge >= 0.3 is 0 Å². The molecule has 0 spiro atoms. The zero-order valence-corrected chi connectivity index (χ0v) is 10.9. The normalized spacial score (nSPS) is 11.0. The van der Waals surface area contributed by atoms with E-state index < -0.39 is 0 Å². The topological polar surface area (TPSA) is 37.4 Å². The minimum Gasteiger partial charge on any atom is -0.385 e. The van der Waals surface area contributed by atoms with Crippen molar-refractivity contribution in [3.05, 3.63) is 30.1 Å². The molecule has 1 N–H and O–H groups in total. The molecule has 4 nitrogen and oxygen atoms in total. The Morgan fingerprint density at radius 3 is 2.76 bits per heavy atom. The maximum Gasteiger partial charge on any atom is 0.0474 e. The largest absolute Gasteiger partial charge is 0.385 e. The number of methoxy groups -OCH3 is 1. The highest BCUT2D eigenvalue weighted by Crippen LogP contribution is 1.99. The van der Waals surface area contributed by atoms with E-state index in [-0.39, 0.29) is 0 Å². The molecule has 0 bridgehead atoms. The lowest BCUT2D eigenvalue weighted by Crippen LogP contribution is -2.29. The summed E-state index contributed by atoms with van der Waals surface area (Å²) in [6.07, 6.45) is 4.75. The van der Waals surface area contributed by atoms with Gasteiger partial charge in [0.25, 0.3) is 0 Å². The fraction of sp³-hybridized carbons (Fsp3) is 0.615. The second-order valence-corrected chi connectivity index (χ2v) is 4.19. The Morgan fingerprint density at radius 1 is 1.29 bits per heavy atom. The van der Waals surface area contributed by atoms with E-state index in [1.165, 1.54) is 5.56 Å². The molecule has 0 aliphatic rings. The van der Waals surface area contributed by atoms with Gasteiger partial charge < -0.3 is 15.0 Å². The third-order valence-corrected chi connectivity index (χ3v) is 2.57. The lowest BCUT2D eigenvalue weighted by molar-refractivity contribution is 0.194. The van der Waals surface area contributed by atoms with E-state index in [9.17, 15) is 0 Å². The predicted molar refractivity (Wildman–Crippen MR) is 69.9 cm³/mol. The summed E-state index contributed by atoms with van der Waals surface area (Å²) in [7, 11) is 3.87. The maximum atomic E-state index is 4.99. The van der Waals surface area contributed by atoms with Gasteiger partial charge in [-0.25, -0.2) is 0 Å². The number of hydrogen-bond acceptors (Lipinski definition) is 4. The fourth-order valence-corrected chi connectivity index (χ4v) is 1.62. The van der Waals surface area contributed by atoms with Crippen LogP contribution in [0.1, 0.15) is 12.0 Å². The van der Waals surface area contributed by atoms with E-state index >= 15 is 0 Å². The highest BCUT2D eigenvalue weighted by atomic mass is 16.5. The lowest BCUT2D eigenvalue weighted by atomic mass is 10.2. The summed E-state index contributed by atoms with van der Waals surface area (Å²) in [5, 5.41) is 3.40. The number of likely N-dealkylation sites (N-methyl/N-ethyl adjacent to an activating group) is 1. The average molecular weight is 237 g/mol. The summed E-state index contributed by atoms with van der Waals surface area (Å²) in [6.45, 7) is 4.90. The Labute approximate surface area is 104 Å². The molecule has 1 aromatic heterocycles. The molecule has 1 aromatic rings. The number of nitrogens with zero attached hydrogens (tertiary/aromatic N) is 2. The molecule has 0 amide bonds. The minimum atomic E-state index is 0.833. The van der Waals surface area contributed by atoms with Crippen molar-refractivity contribution in [3.8, 4) is 0 Å². The van der Waals surface area contributed by atoms with Crippen molar-refractivity contribution in [1.29, 1.82) is 0 Å². The summed E-state index contributed by atoms with van der Waals surface area (Å²) < 4.78 is 4.99. The molecular formula is C13H23N3O. The Kier molecular flexibility index (Phi) is 7.54. The zero-order chi connectivity index (χ0) is 12.3. The average Bonchev–Trinajstić information content (AvgIpc) is 2.35. The summed E-state index contributed by atoms with van der Waals surface area (Å²) in [5.74, 6) is 0. The van der Waals surface area contributed by atoms with Crippen molar-refractivity contribution >= 4 is 0 Å². The Bertz CT molecular complexity index is 279. The van der Waals surface area contributed by atoms with E-state index in [1.807, 2.05) is 12.4 Å². The molecule has 0 saturated heterocycles. The molecule has 0 atom stereocenters. The van der Waals surface area contributed by atoms with Crippen molar-refractivity contribution in [2.45, 2.75) is 13.0 Å². The van der Waals surface area contributed by atoms with E-state index in [1.54, 1.807) is 7.11 Å². The Morgan fingerprint density at radius 2 is 2.06 bits per heavy atom. The Balaban J connectivity index is 2.03. The fourth-order valence-electron chi connectivity index (χ4n) is 1.62. The van der Waals surface area contributed by atoms with Crippen molar-refractivity contribution < 1.29 is 4.74 Å². The van der Waals surface area contributed by atoms with Gasteiger partial charge in [-0.05, 0) is 37.7 Å². The summed E-state index contributed by atoms with van der Waals surface area (Å²) in [6, 6.07) is 4.12. The first-order chi connectivity index (χ1) is 8.33. The van der Waals surface area contributed by atoms with Gasteiger partial charge in [0.05, 0.1) is 0 Å². The molecular weight excluding hydrogens is 214 g/mol. The molecule has 0 fully saturated rings. The minimum absolute atomic E-state index is 0.833. The van der Waals surface area contributed by atoms with Crippen LogP contribution < -0.4 is 5.32 Å². The van der Waals surface area contributed by atoms with Gasteiger partial charge in [0.15, 0.2) is 0 Å². The lowest BCUT2D eigenvalue weighted by Gasteiger charge is -2.16. The molecule has 1 heterocycles. The van der Waals surface area contributed by atoms with E-state index in [0.717, 1.165) is 39.2 Å². The second kappa shape index (κ2) is 9.10. The zero-order valence-electron chi connectivity index (χ0n) is 10.9. The van der Waals surface area contributed by atoms with Gasteiger partial charge in [0.1, 0.15) is 0 Å². The second-order valence-electron chi connectivity index (χ2n) is 4.19. The summed E-state index contributed by atoms with van der Waals surface area (Å²) >= 11 is 0. The molecule has 4 heteroatoms. The smallest absolute Gasteiger partial charge is 0.0474 e. The van der Waals surface area contributed by atoms with E-state index in [2.05, 4.69) is 34.4 Å². The maximum absolute atomic E-state index is 4.99. The molecule has 0 unspecified atom stereocenters. The molecule has 0 aliphatic heterocycles. The number of rotatable bonds is 9. The van der Waals surface area contributed by atoms with Crippen molar-refractivity contribution in [2.24, 2.45) is 0 Å². The number of pyridine rings is 1. The molecule has 17 heavy (non-hydrogen) atoms. The van der Waals surface area contributed by atoms with Crippen molar-refractivity contribution in [2.75, 3.05) is 40.4 Å². The van der Waals surface area contributed by atoms with E-state index in [4.69, 9.17) is 4.74 Å². The quantitative estimate of drug-likeness (QED) is 0.654. The van der Waals surface area contributed by atoms with Crippen LogP contribution in [-0.2, 0) is 11.3 Å². The molecule has 0 saturated carbocycles. The molecule has 0 radical (unpaired) electrons. The number of ether oxygens (including phenoxy) is 1. The van der Waals surface area contributed by atoms with E-state index in [0.29, 0.717) is 0 Å². The van der Waals surface area contributed by atoms with Crippen LogP contribution >= 0.6 is 0 Å². The number of nitrogens with one attached hydrogen (secondary N) is 1. The molecule has 1 rings (SSSR count). The monoisotopic (exact) mass is 237 g/mol. The Hall–Kier alpha value is -0.970. The molecule has 96 valence electrons. The van der Waals surface area contributed by atoms with Crippen molar-refractivity contribution in [1.82, 2.24) is 15.2 Å². The first-order valence-electron chi connectivity index (χ1n) is 6.10. The van der Waals surface area contributed by atoms with Gasteiger partial charge in [-0.15, -0.1) is 0 Å². The van der Waals surface area contributed by atoms with Gasteiger partial charge in [-0.2, -0.15) is 0 Å².